The number of nitrogens with zero attached hydrogens (tertiary/aromatic N) is 2. The van der Waals surface area contributed by atoms with E-state index in [1.165, 1.54) is 0 Å². The molecule has 1 aromatic heterocycles. The molecule has 0 saturated heterocycles. The summed E-state index contributed by atoms with van der Waals surface area (Å²) in [5, 5.41) is 0. The van der Waals surface area contributed by atoms with E-state index in [1.54, 1.807) is 0 Å². The summed E-state index contributed by atoms with van der Waals surface area (Å²) in [4.78, 5) is 17.2. The van der Waals surface area contributed by atoms with Crippen molar-refractivity contribution in [3.05, 3.63) is 18.2 Å². The fraction of sp³-hybridized carbons (Fsp3) is 0.167. The zero-order valence-electron chi connectivity index (χ0n) is 8.08. The van der Waals surface area contributed by atoms with Gasteiger partial charge in [0.05, 0.1) is 7.11 Å². The molecule has 0 fully saturated rings. The Hall–Kier alpha value is 0.0413. The van der Waals surface area contributed by atoms with Crippen molar-refractivity contribution in [1.29, 1.82) is 0 Å². The molecular formula is C6H5BF3KN2O2. The average Bonchev–Trinajstić information content (AvgIpc) is 2.15. The molecular weight excluding hydrogens is 239 g/mol. The van der Waals surface area contributed by atoms with Crippen molar-refractivity contribution in [3.63, 3.8) is 0 Å². The average molecular weight is 244 g/mol. The predicted molar refractivity (Wildman–Crippen MR) is 42.1 cm³/mol. The van der Waals surface area contributed by atoms with Crippen LogP contribution < -0.4 is 56.8 Å². The Balaban J connectivity index is 0.00000196. The van der Waals surface area contributed by atoms with Crippen LogP contribution >= 0.6 is 0 Å². The topological polar surface area (TPSA) is 52.1 Å². The van der Waals surface area contributed by atoms with Crippen LogP contribution in [0.1, 0.15) is 10.6 Å². The largest absolute Gasteiger partial charge is 1.00 e. The number of methoxy groups -OCH3 is 1. The van der Waals surface area contributed by atoms with Crippen LogP contribution in [0.15, 0.2) is 12.4 Å². The van der Waals surface area contributed by atoms with E-state index < -0.39 is 24.2 Å². The zero-order valence-corrected chi connectivity index (χ0v) is 11.2. The molecule has 1 rings (SSSR count). The van der Waals surface area contributed by atoms with Gasteiger partial charge in [-0.05, 0) is 0 Å². The molecule has 0 spiro atoms. The van der Waals surface area contributed by atoms with Crippen molar-refractivity contribution in [2.24, 2.45) is 0 Å². The molecule has 4 nitrogen and oxygen atoms in total. The number of carbonyl (C=O) groups is 1. The number of esters is 1. The molecule has 15 heavy (non-hydrogen) atoms. The SMILES string of the molecule is COC(=O)c1ncc([B-](F)(F)F)cn1.[K+]. The summed E-state index contributed by atoms with van der Waals surface area (Å²) in [7, 11) is 1.09. The van der Waals surface area contributed by atoms with E-state index in [-0.39, 0.29) is 51.4 Å². The van der Waals surface area contributed by atoms with Gasteiger partial charge in [0.15, 0.2) is 0 Å². The van der Waals surface area contributed by atoms with Crippen LogP contribution in [0.5, 0.6) is 0 Å². The molecule has 0 radical (unpaired) electrons. The monoisotopic (exact) mass is 244 g/mol. The maximum atomic E-state index is 12.1. The van der Waals surface area contributed by atoms with Gasteiger partial charge in [-0.25, -0.2) is 14.8 Å². The van der Waals surface area contributed by atoms with Gasteiger partial charge in [0, 0.05) is 12.4 Å². The van der Waals surface area contributed by atoms with E-state index in [1.807, 2.05) is 0 Å². The third-order valence-electron chi connectivity index (χ3n) is 1.42. The minimum Gasteiger partial charge on any atom is -0.463 e. The second-order valence-electron chi connectivity index (χ2n) is 2.41. The second kappa shape index (κ2) is 5.95. The van der Waals surface area contributed by atoms with E-state index >= 15 is 0 Å². The van der Waals surface area contributed by atoms with Crippen LogP contribution in [0.2, 0.25) is 0 Å². The first-order valence-corrected chi connectivity index (χ1v) is 3.55. The van der Waals surface area contributed by atoms with Gasteiger partial charge in [-0.1, -0.05) is 5.46 Å². The number of halogens is 3. The summed E-state index contributed by atoms with van der Waals surface area (Å²) in [6.07, 6.45) is 1.11. The van der Waals surface area contributed by atoms with Crippen LogP contribution in [0.25, 0.3) is 0 Å². The third kappa shape index (κ3) is 4.19. The van der Waals surface area contributed by atoms with Gasteiger partial charge in [0.2, 0.25) is 5.82 Å². The molecule has 0 aliphatic carbocycles. The normalized spacial score (nSPS) is 10.4. The van der Waals surface area contributed by atoms with Gasteiger partial charge in [0.25, 0.3) is 0 Å². The molecule has 0 saturated carbocycles. The first-order chi connectivity index (χ1) is 6.45. The molecule has 0 atom stereocenters. The molecule has 0 aliphatic rings. The van der Waals surface area contributed by atoms with Crippen molar-refractivity contribution in [3.8, 4) is 0 Å². The summed E-state index contributed by atoms with van der Waals surface area (Å²) in [5.74, 6) is -1.26. The fourth-order valence-electron chi connectivity index (χ4n) is 0.704. The van der Waals surface area contributed by atoms with E-state index in [4.69, 9.17) is 0 Å². The Kier molecular flexibility index (Phi) is 5.96. The number of hydrogen-bond acceptors (Lipinski definition) is 4. The number of carbonyl (C=O) groups excluding carboxylic acids is 1. The minimum absolute atomic E-state index is 0. The van der Waals surface area contributed by atoms with E-state index in [0.717, 1.165) is 7.11 Å². The summed E-state index contributed by atoms with van der Waals surface area (Å²) in [6.45, 7) is -5.12. The Bertz CT molecular complexity index is 343. The number of rotatable bonds is 2. The molecule has 0 aliphatic heterocycles. The van der Waals surface area contributed by atoms with Crippen LogP contribution in [-0.4, -0.2) is 30.0 Å². The van der Waals surface area contributed by atoms with E-state index in [0.29, 0.717) is 12.4 Å². The van der Waals surface area contributed by atoms with Crippen LogP contribution in [0.4, 0.5) is 12.9 Å². The maximum absolute atomic E-state index is 12.1. The third-order valence-corrected chi connectivity index (χ3v) is 1.42. The summed E-state index contributed by atoms with van der Waals surface area (Å²) >= 11 is 0. The summed E-state index contributed by atoms with van der Waals surface area (Å²) < 4.78 is 40.4. The molecule has 0 bridgehead atoms. The molecule has 0 amide bonds. The standard InChI is InChI=1S/C6H5BF3N2O2.K/c1-14-6(13)5-11-2-4(3-12-5)7(8,9)10;/h2-3H,1H3;/q-1;+1. The van der Waals surface area contributed by atoms with Crippen molar-refractivity contribution in [2.75, 3.05) is 7.11 Å². The summed E-state index contributed by atoms with van der Waals surface area (Å²) in [5.41, 5.74) is -0.947. The number of aromatic nitrogens is 2. The van der Waals surface area contributed by atoms with Gasteiger partial charge >= 0.3 is 64.3 Å². The van der Waals surface area contributed by atoms with Crippen molar-refractivity contribution < 1.29 is 73.9 Å². The Morgan fingerprint density at radius 1 is 1.33 bits per heavy atom. The van der Waals surface area contributed by atoms with Crippen LogP contribution in [-0.2, 0) is 4.74 Å². The van der Waals surface area contributed by atoms with Gasteiger partial charge in [-0.3, -0.25) is 0 Å². The maximum Gasteiger partial charge on any atom is 1.00 e. The molecule has 1 heterocycles. The smallest absolute Gasteiger partial charge is 0.463 e. The summed E-state index contributed by atoms with van der Waals surface area (Å²) in [6, 6.07) is 0. The van der Waals surface area contributed by atoms with E-state index in [9.17, 15) is 17.7 Å². The van der Waals surface area contributed by atoms with E-state index in [2.05, 4.69) is 14.7 Å². The Labute approximate surface area is 126 Å². The molecule has 0 unspecified atom stereocenters. The molecule has 0 aromatic carbocycles. The minimum atomic E-state index is -5.12. The van der Waals surface area contributed by atoms with Gasteiger partial charge in [-0.15, -0.1) is 0 Å². The van der Waals surface area contributed by atoms with Crippen LogP contribution in [0, 0.1) is 0 Å². The Morgan fingerprint density at radius 2 is 1.80 bits per heavy atom. The molecule has 9 heteroatoms. The van der Waals surface area contributed by atoms with Gasteiger partial charge < -0.3 is 17.7 Å². The van der Waals surface area contributed by atoms with Crippen LogP contribution in [0.3, 0.4) is 0 Å². The fourth-order valence-corrected chi connectivity index (χ4v) is 0.704. The second-order valence-corrected chi connectivity index (χ2v) is 2.41. The quantitative estimate of drug-likeness (QED) is 0.420. The predicted octanol–water partition coefficient (Wildman–Crippen LogP) is -2.68. The zero-order chi connectivity index (χ0) is 10.8. The van der Waals surface area contributed by atoms with Gasteiger partial charge in [0.1, 0.15) is 0 Å². The number of hydrogen-bond donors (Lipinski definition) is 0. The first-order valence-electron chi connectivity index (χ1n) is 3.55. The molecule has 0 N–H and O–H groups in total. The van der Waals surface area contributed by atoms with Crippen molar-refractivity contribution in [2.45, 2.75) is 0 Å². The molecule has 76 valence electrons. The number of ether oxygens (including phenoxy) is 1. The van der Waals surface area contributed by atoms with Crippen molar-refractivity contribution in [1.82, 2.24) is 9.97 Å². The Morgan fingerprint density at radius 3 is 2.13 bits per heavy atom. The van der Waals surface area contributed by atoms with Crippen molar-refractivity contribution >= 4 is 18.4 Å². The molecule has 1 aromatic rings. The first kappa shape index (κ1) is 15.0. The van der Waals surface area contributed by atoms with Gasteiger partial charge in [-0.2, -0.15) is 0 Å².